The van der Waals surface area contributed by atoms with E-state index >= 15 is 0 Å². The third kappa shape index (κ3) is 4.15. The Labute approximate surface area is 181 Å². The SMILES string of the molecule is Cc1cc(C)cc(Cn2c3c(c4c(OCC(=O)O)cccc42)C(C(N)=O)CCCC3)c1. The highest BCUT2D eigenvalue weighted by molar-refractivity contribution is 5.97. The Hall–Kier alpha value is -3.28. The molecule has 1 amide bonds. The van der Waals surface area contributed by atoms with Crippen molar-refractivity contribution in [1.29, 1.82) is 0 Å². The van der Waals surface area contributed by atoms with E-state index in [-0.39, 0.29) is 5.91 Å². The van der Waals surface area contributed by atoms with E-state index in [0.717, 1.165) is 41.4 Å². The fourth-order valence-electron chi connectivity index (χ4n) is 4.95. The van der Waals surface area contributed by atoms with Gasteiger partial charge in [-0.15, -0.1) is 0 Å². The number of nitrogens with zero attached hydrogens (tertiary/aromatic N) is 1. The van der Waals surface area contributed by atoms with Crippen LogP contribution in [0.5, 0.6) is 5.75 Å². The number of carbonyl (C=O) groups excluding carboxylic acids is 1. The van der Waals surface area contributed by atoms with Gasteiger partial charge in [0, 0.05) is 17.6 Å². The molecule has 1 aliphatic rings. The first-order valence-electron chi connectivity index (χ1n) is 10.7. The van der Waals surface area contributed by atoms with Crippen molar-refractivity contribution in [3.63, 3.8) is 0 Å². The molecule has 0 aliphatic heterocycles. The molecule has 0 saturated heterocycles. The van der Waals surface area contributed by atoms with Crippen LogP contribution >= 0.6 is 0 Å². The van der Waals surface area contributed by atoms with E-state index in [0.29, 0.717) is 18.7 Å². The summed E-state index contributed by atoms with van der Waals surface area (Å²) in [6.45, 7) is 4.41. The summed E-state index contributed by atoms with van der Waals surface area (Å²) in [5.41, 5.74) is 12.4. The molecule has 31 heavy (non-hydrogen) atoms. The highest BCUT2D eigenvalue weighted by Gasteiger charge is 2.31. The van der Waals surface area contributed by atoms with Crippen LogP contribution in [0.15, 0.2) is 36.4 Å². The summed E-state index contributed by atoms with van der Waals surface area (Å²) < 4.78 is 7.91. The number of rotatable bonds is 6. The zero-order chi connectivity index (χ0) is 22.1. The minimum atomic E-state index is -1.04. The van der Waals surface area contributed by atoms with Gasteiger partial charge >= 0.3 is 5.97 Å². The molecule has 3 aromatic rings. The maximum absolute atomic E-state index is 12.4. The van der Waals surface area contributed by atoms with E-state index in [9.17, 15) is 9.59 Å². The average Bonchev–Trinajstić information content (AvgIpc) is 2.85. The summed E-state index contributed by atoms with van der Waals surface area (Å²) >= 11 is 0. The van der Waals surface area contributed by atoms with E-state index in [1.54, 1.807) is 6.07 Å². The number of carboxylic acids is 1. The fraction of sp³-hybridized carbons (Fsp3) is 0.360. The van der Waals surface area contributed by atoms with E-state index in [1.165, 1.54) is 16.7 Å². The maximum Gasteiger partial charge on any atom is 0.341 e. The van der Waals surface area contributed by atoms with Gasteiger partial charge < -0.3 is 20.1 Å². The normalized spacial score (nSPS) is 16.0. The molecule has 1 aromatic heterocycles. The molecule has 162 valence electrons. The molecule has 1 unspecified atom stereocenters. The van der Waals surface area contributed by atoms with E-state index in [4.69, 9.17) is 15.6 Å². The molecule has 3 N–H and O–H groups in total. The van der Waals surface area contributed by atoms with Gasteiger partial charge in [-0.25, -0.2) is 4.79 Å². The number of amides is 1. The zero-order valence-electron chi connectivity index (χ0n) is 18.0. The van der Waals surface area contributed by atoms with Crippen LogP contribution in [0.4, 0.5) is 0 Å². The summed E-state index contributed by atoms with van der Waals surface area (Å²) in [5, 5.41) is 9.93. The first-order valence-corrected chi connectivity index (χ1v) is 10.7. The Morgan fingerprint density at radius 3 is 2.58 bits per heavy atom. The molecule has 0 spiro atoms. The van der Waals surface area contributed by atoms with E-state index in [2.05, 4.69) is 36.6 Å². The van der Waals surface area contributed by atoms with Crippen molar-refractivity contribution in [2.24, 2.45) is 5.73 Å². The van der Waals surface area contributed by atoms with Crippen LogP contribution in [0, 0.1) is 13.8 Å². The predicted octanol–water partition coefficient (Wildman–Crippen LogP) is 4.07. The summed E-state index contributed by atoms with van der Waals surface area (Å²) in [4.78, 5) is 23.6. The van der Waals surface area contributed by atoms with Crippen LogP contribution in [0.1, 0.15) is 53.1 Å². The molecule has 0 bridgehead atoms. The third-order valence-electron chi connectivity index (χ3n) is 6.02. The Morgan fingerprint density at radius 2 is 1.90 bits per heavy atom. The standard InChI is InChI=1S/C25H28N2O4/c1-15-10-16(2)12-17(11-15)13-27-19-7-4-3-6-18(25(26)30)23(19)24-20(27)8-5-9-21(24)31-14-22(28)29/h5,8-12,18H,3-4,6-7,13-14H2,1-2H3,(H2,26,30)(H,28,29). The van der Waals surface area contributed by atoms with Crippen molar-refractivity contribution in [2.45, 2.75) is 52.0 Å². The van der Waals surface area contributed by atoms with Crippen LogP contribution in [0.2, 0.25) is 0 Å². The Kier molecular flexibility index (Phi) is 5.72. The molecule has 4 rings (SSSR count). The van der Waals surface area contributed by atoms with Gasteiger partial charge in [0.1, 0.15) is 5.75 Å². The van der Waals surface area contributed by atoms with Crippen LogP contribution in [-0.2, 0) is 22.6 Å². The number of nitrogens with two attached hydrogens (primary N) is 1. The number of primary amides is 1. The van der Waals surface area contributed by atoms with Crippen LogP contribution in [0.25, 0.3) is 10.9 Å². The maximum atomic E-state index is 12.4. The Bertz CT molecular complexity index is 1140. The number of aryl methyl sites for hydroxylation is 2. The molecule has 0 saturated carbocycles. The predicted molar refractivity (Wildman–Crippen MR) is 120 cm³/mol. The second-order valence-electron chi connectivity index (χ2n) is 8.48. The number of hydrogen-bond acceptors (Lipinski definition) is 3. The minimum Gasteiger partial charge on any atom is -0.481 e. The van der Waals surface area contributed by atoms with Gasteiger partial charge in [0.05, 0.1) is 11.4 Å². The van der Waals surface area contributed by atoms with E-state index < -0.39 is 18.5 Å². The monoisotopic (exact) mass is 420 g/mol. The number of fused-ring (bicyclic) bond motifs is 3. The van der Waals surface area contributed by atoms with Gasteiger partial charge in [-0.2, -0.15) is 0 Å². The molecular weight excluding hydrogens is 392 g/mol. The smallest absolute Gasteiger partial charge is 0.341 e. The largest absolute Gasteiger partial charge is 0.481 e. The minimum absolute atomic E-state index is 0.346. The van der Waals surface area contributed by atoms with Crippen molar-refractivity contribution >= 4 is 22.8 Å². The molecule has 0 fully saturated rings. The second-order valence-corrected chi connectivity index (χ2v) is 8.48. The molecule has 2 aromatic carbocycles. The first-order chi connectivity index (χ1) is 14.8. The number of hydrogen-bond donors (Lipinski definition) is 2. The van der Waals surface area contributed by atoms with Crippen molar-refractivity contribution in [1.82, 2.24) is 4.57 Å². The van der Waals surface area contributed by atoms with Gasteiger partial charge in [-0.3, -0.25) is 4.79 Å². The third-order valence-corrected chi connectivity index (χ3v) is 6.02. The number of carbonyl (C=O) groups is 2. The number of aliphatic carboxylic acids is 1. The molecule has 1 aliphatic carbocycles. The molecule has 6 nitrogen and oxygen atoms in total. The van der Waals surface area contributed by atoms with E-state index in [1.807, 2.05) is 12.1 Å². The highest BCUT2D eigenvalue weighted by Crippen LogP contribution is 2.42. The molecule has 0 radical (unpaired) electrons. The fourth-order valence-corrected chi connectivity index (χ4v) is 4.95. The van der Waals surface area contributed by atoms with Crippen molar-refractivity contribution in [3.8, 4) is 5.75 Å². The molecule has 6 heteroatoms. The van der Waals surface area contributed by atoms with Gasteiger partial charge in [0.25, 0.3) is 0 Å². The lowest BCUT2D eigenvalue weighted by molar-refractivity contribution is -0.139. The number of ether oxygens (including phenoxy) is 1. The molecule has 1 atom stereocenters. The van der Waals surface area contributed by atoms with Gasteiger partial charge in [-0.1, -0.05) is 41.8 Å². The quantitative estimate of drug-likeness (QED) is 0.588. The summed E-state index contributed by atoms with van der Waals surface area (Å²) in [6.07, 6.45) is 3.44. The zero-order valence-corrected chi connectivity index (χ0v) is 18.0. The summed E-state index contributed by atoms with van der Waals surface area (Å²) in [5.74, 6) is -1.30. The van der Waals surface area contributed by atoms with Crippen LogP contribution < -0.4 is 10.5 Å². The average molecular weight is 421 g/mol. The number of carboxylic acid groups (broad SMARTS) is 1. The Morgan fingerprint density at radius 1 is 1.16 bits per heavy atom. The van der Waals surface area contributed by atoms with Gasteiger partial charge in [0.2, 0.25) is 5.91 Å². The molecular formula is C25H28N2O4. The van der Waals surface area contributed by atoms with Crippen LogP contribution in [-0.4, -0.2) is 28.2 Å². The first kappa shape index (κ1) is 21.0. The topological polar surface area (TPSA) is 94.6 Å². The summed E-state index contributed by atoms with van der Waals surface area (Å²) in [6, 6.07) is 12.2. The Balaban J connectivity index is 1.95. The van der Waals surface area contributed by atoms with Crippen LogP contribution in [0.3, 0.4) is 0 Å². The lowest BCUT2D eigenvalue weighted by atomic mass is 9.92. The number of aromatic nitrogens is 1. The van der Waals surface area contributed by atoms with Gasteiger partial charge in [0.15, 0.2) is 6.61 Å². The second kappa shape index (κ2) is 8.46. The van der Waals surface area contributed by atoms with Crippen molar-refractivity contribution in [2.75, 3.05) is 6.61 Å². The highest BCUT2D eigenvalue weighted by atomic mass is 16.5. The van der Waals surface area contributed by atoms with Gasteiger partial charge in [-0.05, 0) is 56.4 Å². The number of benzene rings is 2. The lowest BCUT2D eigenvalue weighted by Gasteiger charge is -2.14. The molecule has 1 heterocycles. The van der Waals surface area contributed by atoms with Crippen molar-refractivity contribution < 1.29 is 19.4 Å². The van der Waals surface area contributed by atoms with Crippen molar-refractivity contribution in [3.05, 3.63) is 64.3 Å². The lowest BCUT2D eigenvalue weighted by Crippen LogP contribution is -2.21. The summed E-state index contributed by atoms with van der Waals surface area (Å²) in [7, 11) is 0.